The summed E-state index contributed by atoms with van der Waals surface area (Å²) in [6, 6.07) is 8.81. The van der Waals surface area contributed by atoms with Gasteiger partial charge in [-0.15, -0.1) is 0 Å². The van der Waals surface area contributed by atoms with Crippen molar-refractivity contribution in [2.24, 2.45) is 0 Å². The molecule has 1 unspecified atom stereocenters. The molecule has 1 aliphatic rings. The van der Waals surface area contributed by atoms with Crippen molar-refractivity contribution >= 4 is 5.91 Å². The molecular formula is C16H24N2O. The molecule has 2 rings (SSSR count). The second kappa shape index (κ2) is 6.71. The summed E-state index contributed by atoms with van der Waals surface area (Å²) in [6.45, 7) is 4.05. The van der Waals surface area contributed by atoms with E-state index in [1.807, 2.05) is 12.1 Å². The van der Waals surface area contributed by atoms with Crippen molar-refractivity contribution in [1.29, 1.82) is 0 Å². The van der Waals surface area contributed by atoms with Crippen LogP contribution >= 0.6 is 0 Å². The average molecular weight is 260 g/mol. The lowest BCUT2D eigenvalue weighted by molar-refractivity contribution is -0.120. The van der Waals surface area contributed by atoms with Crippen molar-refractivity contribution < 1.29 is 4.79 Å². The van der Waals surface area contributed by atoms with Gasteiger partial charge in [0.1, 0.15) is 0 Å². The Hall–Kier alpha value is -1.35. The fourth-order valence-corrected chi connectivity index (χ4v) is 2.68. The zero-order valence-electron chi connectivity index (χ0n) is 12.0. The van der Waals surface area contributed by atoms with Crippen molar-refractivity contribution in [3.8, 4) is 0 Å². The van der Waals surface area contributed by atoms with Gasteiger partial charge in [0.25, 0.3) is 0 Å². The van der Waals surface area contributed by atoms with E-state index in [1.54, 1.807) is 0 Å². The summed E-state index contributed by atoms with van der Waals surface area (Å²) in [5, 5.41) is 3.03. The summed E-state index contributed by atoms with van der Waals surface area (Å²) >= 11 is 0. The van der Waals surface area contributed by atoms with Crippen LogP contribution in [0, 0.1) is 6.92 Å². The van der Waals surface area contributed by atoms with Crippen LogP contribution in [0.25, 0.3) is 0 Å². The van der Waals surface area contributed by atoms with Gasteiger partial charge in [0, 0.05) is 12.6 Å². The molecule has 3 nitrogen and oxygen atoms in total. The van der Waals surface area contributed by atoms with Gasteiger partial charge in [-0.05, 0) is 45.3 Å². The van der Waals surface area contributed by atoms with Gasteiger partial charge in [0.05, 0.1) is 6.42 Å². The molecule has 1 aromatic rings. The van der Waals surface area contributed by atoms with Crippen LogP contribution in [0.2, 0.25) is 0 Å². The molecule has 0 bridgehead atoms. The Balaban J connectivity index is 1.68. The summed E-state index contributed by atoms with van der Waals surface area (Å²) in [6.07, 6.45) is 4.11. The molecule has 1 N–H and O–H groups in total. The fraction of sp³-hybridized carbons (Fsp3) is 0.562. The van der Waals surface area contributed by atoms with Crippen LogP contribution in [0.1, 0.15) is 30.4 Å². The van der Waals surface area contributed by atoms with Gasteiger partial charge in [0.15, 0.2) is 0 Å². The Kier molecular flexibility index (Phi) is 4.97. The number of likely N-dealkylation sites (tertiary alicyclic amines) is 1. The Bertz CT molecular complexity index is 413. The molecule has 0 aromatic heterocycles. The second-order valence-corrected chi connectivity index (χ2v) is 5.58. The maximum atomic E-state index is 11.8. The molecular weight excluding hydrogens is 236 g/mol. The van der Waals surface area contributed by atoms with Crippen LogP contribution in [0.4, 0.5) is 0 Å². The molecule has 1 fully saturated rings. The largest absolute Gasteiger partial charge is 0.356 e. The van der Waals surface area contributed by atoms with Crippen LogP contribution in [0.3, 0.4) is 0 Å². The lowest BCUT2D eigenvalue weighted by Crippen LogP contribution is -2.32. The maximum Gasteiger partial charge on any atom is 0.224 e. The van der Waals surface area contributed by atoms with Crippen LogP contribution in [0.5, 0.6) is 0 Å². The Morgan fingerprint density at radius 3 is 2.74 bits per heavy atom. The molecule has 1 heterocycles. The van der Waals surface area contributed by atoms with E-state index in [1.165, 1.54) is 24.9 Å². The minimum Gasteiger partial charge on any atom is -0.356 e. The molecule has 19 heavy (non-hydrogen) atoms. The zero-order chi connectivity index (χ0) is 13.7. The number of nitrogens with zero attached hydrogens (tertiary/aromatic N) is 1. The van der Waals surface area contributed by atoms with Crippen LogP contribution in [0.15, 0.2) is 24.3 Å². The highest BCUT2D eigenvalue weighted by atomic mass is 16.1. The van der Waals surface area contributed by atoms with Crippen LogP contribution in [-0.2, 0) is 11.2 Å². The minimum absolute atomic E-state index is 0.129. The zero-order valence-corrected chi connectivity index (χ0v) is 12.0. The highest BCUT2D eigenvalue weighted by molar-refractivity contribution is 5.78. The quantitative estimate of drug-likeness (QED) is 0.879. The van der Waals surface area contributed by atoms with Crippen molar-refractivity contribution in [2.75, 3.05) is 20.1 Å². The topological polar surface area (TPSA) is 32.3 Å². The molecule has 1 aromatic carbocycles. The first-order valence-corrected chi connectivity index (χ1v) is 7.17. The second-order valence-electron chi connectivity index (χ2n) is 5.58. The Morgan fingerprint density at radius 1 is 1.37 bits per heavy atom. The molecule has 0 aliphatic carbocycles. The van der Waals surface area contributed by atoms with E-state index < -0.39 is 0 Å². The highest BCUT2D eigenvalue weighted by Crippen LogP contribution is 2.16. The molecule has 1 amide bonds. The number of hydrogen-bond donors (Lipinski definition) is 1. The lowest BCUT2D eigenvalue weighted by atomic mass is 10.1. The van der Waals surface area contributed by atoms with Gasteiger partial charge >= 0.3 is 0 Å². The monoisotopic (exact) mass is 260 g/mol. The summed E-state index contributed by atoms with van der Waals surface area (Å²) in [5.74, 6) is 0.129. The molecule has 0 saturated carbocycles. The smallest absolute Gasteiger partial charge is 0.224 e. The standard InChI is InChI=1S/C16H24N2O/c1-13-5-7-14(8-6-13)12-16(19)17-10-9-15-4-3-11-18(15)2/h5-8,15H,3-4,9-12H2,1-2H3,(H,17,19). The first-order valence-electron chi connectivity index (χ1n) is 7.17. The molecule has 104 valence electrons. The van der Waals surface area contributed by atoms with E-state index in [-0.39, 0.29) is 5.91 Å². The Morgan fingerprint density at radius 2 is 2.11 bits per heavy atom. The first kappa shape index (κ1) is 14.1. The van der Waals surface area contributed by atoms with Gasteiger partial charge in [-0.1, -0.05) is 29.8 Å². The average Bonchev–Trinajstić information content (AvgIpc) is 2.78. The summed E-state index contributed by atoms with van der Waals surface area (Å²) < 4.78 is 0. The lowest BCUT2D eigenvalue weighted by Gasteiger charge is -2.19. The predicted octanol–water partition coefficient (Wildman–Crippen LogP) is 2.14. The van der Waals surface area contributed by atoms with Gasteiger partial charge in [-0.2, -0.15) is 0 Å². The number of rotatable bonds is 5. The number of carbonyl (C=O) groups excluding carboxylic acids is 1. The first-order chi connectivity index (χ1) is 9.15. The third-order valence-corrected chi connectivity index (χ3v) is 3.96. The van der Waals surface area contributed by atoms with E-state index in [4.69, 9.17) is 0 Å². The maximum absolute atomic E-state index is 11.8. The van der Waals surface area contributed by atoms with Crippen molar-refractivity contribution in [1.82, 2.24) is 10.2 Å². The molecule has 0 spiro atoms. The predicted molar refractivity (Wildman–Crippen MR) is 78.2 cm³/mol. The van der Waals surface area contributed by atoms with Gasteiger partial charge in [-0.3, -0.25) is 4.79 Å². The normalized spacial score (nSPS) is 19.6. The van der Waals surface area contributed by atoms with E-state index in [2.05, 4.69) is 36.3 Å². The number of nitrogens with one attached hydrogen (secondary N) is 1. The van der Waals surface area contributed by atoms with E-state index in [9.17, 15) is 4.79 Å². The molecule has 0 radical (unpaired) electrons. The van der Waals surface area contributed by atoms with Crippen molar-refractivity contribution in [3.05, 3.63) is 35.4 Å². The minimum atomic E-state index is 0.129. The SMILES string of the molecule is Cc1ccc(CC(=O)NCCC2CCCN2C)cc1. The number of benzene rings is 1. The molecule has 3 heteroatoms. The number of carbonyl (C=O) groups is 1. The third kappa shape index (κ3) is 4.35. The number of hydrogen-bond acceptors (Lipinski definition) is 2. The van der Waals surface area contributed by atoms with Crippen molar-refractivity contribution in [3.63, 3.8) is 0 Å². The fourth-order valence-electron chi connectivity index (χ4n) is 2.68. The Labute approximate surface area is 116 Å². The van der Waals surface area contributed by atoms with Gasteiger partial charge in [-0.25, -0.2) is 0 Å². The molecule has 1 saturated heterocycles. The molecule has 1 atom stereocenters. The van der Waals surface area contributed by atoms with E-state index in [0.717, 1.165) is 18.5 Å². The summed E-state index contributed by atoms with van der Waals surface area (Å²) in [5.41, 5.74) is 2.31. The summed E-state index contributed by atoms with van der Waals surface area (Å²) in [7, 11) is 2.17. The number of aryl methyl sites for hydroxylation is 1. The van der Waals surface area contributed by atoms with E-state index in [0.29, 0.717) is 12.5 Å². The highest BCUT2D eigenvalue weighted by Gasteiger charge is 2.20. The van der Waals surface area contributed by atoms with Crippen LogP contribution in [-0.4, -0.2) is 37.0 Å². The molecule has 1 aliphatic heterocycles. The third-order valence-electron chi connectivity index (χ3n) is 3.96. The van der Waals surface area contributed by atoms with Gasteiger partial charge in [0.2, 0.25) is 5.91 Å². The number of amides is 1. The van der Waals surface area contributed by atoms with Crippen LogP contribution < -0.4 is 5.32 Å². The summed E-state index contributed by atoms with van der Waals surface area (Å²) in [4.78, 5) is 14.2. The van der Waals surface area contributed by atoms with E-state index >= 15 is 0 Å². The van der Waals surface area contributed by atoms with Crippen molar-refractivity contribution in [2.45, 2.75) is 38.6 Å². The van der Waals surface area contributed by atoms with Gasteiger partial charge < -0.3 is 10.2 Å².